The van der Waals surface area contributed by atoms with E-state index < -0.39 is 5.79 Å². The number of amides is 3. The van der Waals surface area contributed by atoms with Crippen molar-refractivity contribution in [2.45, 2.75) is 69.7 Å². The predicted octanol–water partition coefficient (Wildman–Crippen LogP) is 4.61. The minimum atomic E-state index is -0.926. The van der Waals surface area contributed by atoms with Gasteiger partial charge in [0.1, 0.15) is 0 Å². The molecule has 1 atom stereocenters. The highest BCUT2D eigenvalue weighted by Gasteiger charge is 2.47. The van der Waals surface area contributed by atoms with Gasteiger partial charge in [0.2, 0.25) is 0 Å². The highest BCUT2D eigenvalue weighted by molar-refractivity contribution is 7.98. The summed E-state index contributed by atoms with van der Waals surface area (Å²) in [6.07, 6.45) is 5.21. The number of nitrogens with one attached hydrogen (secondary N) is 3. The predicted molar refractivity (Wildman–Crippen MR) is 149 cm³/mol. The van der Waals surface area contributed by atoms with Crippen molar-refractivity contribution < 1.29 is 19.1 Å². The van der Waals surface area contributed by atoms with Crippen LogP contribution >= 0.6 is 23.4 Å². The van der Waals surface area contributed by atoms with Crippen LogP contribution in [-0.2, 0) is 6.54 Å². The number of hydrogen-bond donors (Lipinski definition) is 3. The second-order valence-corrected chi connectivity index (χ2v) is 11.3. The number of H-pyrrole nitrogens is 1. The summed E-state index contributed by atoms with van der Waals surface area (Å²) in [7, 11) is 3.45. The Hall–Kier alpha value is -2.85. The van der Waals surface area contributed by atoms with Crippen LogP contribution in [-0.4, -0.2) is 54.0 Å². The summed E-state index contributed by atoms with van der Waals surface area (Å²) in [5.41, 5.74) is 2.05. The van der Waals surface area contributed by atoms with Gasteiger partial charge in [-0.3, -0.25) is 9.59 Å². The number of fused-ring (bicyclic) bond motifs is 1. The summed E-state index contributed by atoms with van der Waals surface area (Å²) >= 11 is 8.04. The lowest BCUT2D eigenvalue weighted by atomic mass is 9.81. The Morgan fingerprint density at radius 2 is 1.84 bits per heavy atom. The molecule has 0 spiro atoms. The first-order valence-electron chi connectivity index (χ1n) is 12.7. The molecule has 1 aromatic carbocycles. The maximum absolute atomic E-state index is 13.2. The number of halogens is 1. The van der Waals surface area contributed by atoms with Gasteiger partial charge in [0.15, 0.2) is 11.5 Å². The number of benzene rings is 1. The van der Waals surface area contributed by atoms with Gasteiger partial charge in [-0.15, -0.1) is 11.8 Å². The molecule has 1 unspecified atom stereocenters. The molecule has 206 valence electrons. The van der Waals surface area contributed by atoms with Crippen LogP contribution in [0.2, 0.25) is 5.02 Å². The van der Waals surface area contributed by atoms with E-state index in [4.69, 9.17) is 21.1 Å². The number of rotatable bonds is 6. The number of carbonyl (C=O) groups excluding carboxylic acids is 2. The standard InChI is InChI=1S/C27H35ClN4O5S/c1-14-11-21(38-6)19(25(34)31-14)13-30-24(33)18-12-20(28)23-22(15(18)2)36-27(3,37-23)16-7-9-17(10-8-16)32(5)26(35)29-4/h11-12,16-17H,7-10,13H2,1-6H3,(H,29,35)(H,30,33)(H,31,34). The molecule has 2 aromatic rings. The molecule has 1 aliphatic heterocycles. The normalized spacial score (nSPS) is 22.2. The summed E-state index contributed by atoms with van der Waals surface area (Å²) in [5, 5.41) is 5.83. The second kappa shape index (κ2) is 11.1. The van der Waals surface area contributed by atoms with Gasteiger partial charge in [0.25, 0.3) is 17.3 Å². The van der Waals surface area contributed by atoms with E-state index in [1.54, 1.807) is 24.9 Å². The van der Waals surface area contributed by atoms with E-state index in [-0.39, 0.29) is 36.0 Å². The molecule has 1 aliphatic carbocycles. The van der Waals surface area contributed by atoms with Gasteiger partial charge in [-0.25, -0.2) is 4.79 Å². The first kappa shape index (κ1) is 28.2. The summed E-state index contributed by atoms with van der Waals surface area (Å²) in [5.74, 6) is -0.283. The first-order valence-corrected chi connectivity index (χ1v) is 14.3. The molecule has 2 heterocycles. The lowest BCUT2D eigenvalue weighted by Gasteiger charge is -2.39. The lowest BCUT2D eigenvalue weighted by Crippen LogP contribution is -2.49. The van der Waals surface area contributed by atoms with Gasteiger partial charge in [0, 0.05) is 66.8 Å². The number of pyridine rings is 1. The minimum Gasteiger partial charge on any atom is -0.448 e. The summed E-state index contributed by atoms with van der Waals surface area (Å²) in [6, 6.07) is 3.54. The van der Waals surface area contributed by atoms with Gasteiger partial charge in [-0.1, -0.05) is 11.6 Å². The maximum Gasteiger partial charge on any atom is 0.317 e. The molecule has 3 amide bonds. The van der Waals surface area contributed by atoms with E-state index in [1.165, 1.54) is 11.8 Å². The van der Waals surface area contributed by atoms with Gasteiger partial charge in [0.05, 0.1) is 5.02 Å². The molecule has 0 saturated heterocycles. The van der Waals surface area contributed by atoms with Crippen LogP contribution in [0.1, 0.15) is 59.8 Å². The third-order valence-corrected chi connectivity index (χ3v) is 8.77. The lowest BCUT2D eigenvalue weighted by molar-refractivity contribution is -0.123. The van der Waals surface area contributed by atoms with Crippen LogP contribution < -0.4 is 25.7 Å². The molecular weight excluding hydrogens is 528 g/mol. The van der Waals surface area contributed by atoms with Crippen molar-refractivity contribution in [2.24, 2.45) is 5.92 Å². The Kier molecular flexibility index (Phi) is 8.23. The molecule has 9 nitrogen and oxygen atoms in total. The van der Waals surface area contributed by atoms with Crippen LogP contribution in [0, 0.1) is 19.8 Å². The van der Waals surface area contributed by atoms with Crippen molar-refractivity contribution in [1.82, 2.24) is 20.5 Å². The summed E-state index contributed by atoms with van der Waals surface area (Å²) in [4.78, 5) is 43.0. The number of ether oxygens (including phenoxy) is 2. The molecule has 4 rings (SSSR count). The summed E-state index contributed by atoms with van der Waals surface area (Å²) in [6.45, 7) is 5.62. The number of hydrogen-bond acceptors (Lipinski definition) is 6. The zero-order chi connectivity index (χ0) is 27.8. The quantitative estimate of drug-likeness (QED) is 0.443. The summed E-state index contributed by atoms with van der Waals surface area (Å²) < 4.78 is 12.7. The molecule has 1 aromatic heterocycles. The number of thioether (sulfide) groups is 1. The van der Waals surface area contributed by atoms with E-state index in [0.29, 0.717) is 33.2 Å². The van der Waals surface area contributed by atoms with E-state index in [9.17, 15) is 14.4 Å². The molecule has 1 fully saturated rings. The van der Waals surface area contributed by atoms with Crippen molar-refractivity contribution in [1.29, 1.82) is 0 Å². The van der Waals surface area contributed by atoms with E-state index in [0.717, 1.165) is 36.3 Å². The molecule has 1 saturated carbocycles. The van der Waals surface area contributed by atoms with Crippen LogP contribution in [0.3, 0.4) is 0 Å². The van der Waals surface area contributed by atoms with E-state index in [1.807, 2.05) is 33.2 Å². The third kappa shape index (κ3) is 5.33. The van der Waals surface area contributed by atoms with Gasteiger partial charge in [-0.05, 0) is 57.9 Å². The third-order valence-electron chi connectivity index (χ3n) is 7.69. The van der Waals surface area contributed by atoms with Crippen molar-refractivity contribution in [2.75, 3.05) is 20.4 Å². The molecular formula is C27H35ClN4O5S. The van der Waals surface area contributed by atoms with Gasteiger partial charge >= 0.3 is 6.03 Å². The topological polar surface area (TPSA) is 113 Å². The number of aromatic amines is 1. The fraction of sp³-hybridized carbons (Fsp3) is 0.519. The average molecular weight is 563 g/mol. The van der Waals surface area contributed by atoms with Crippen LogP contribution in [0.4, 0.5) is 4.79 Å². The monoisotopic (exact) mass is 562 g/mol. The zero-order valence-electron chi connectivity index (χ0n) is 22.6. The van der Waals surface area contributed by atoms with Crippen molar-refractivity contribution in [3.05, 3.63) is 49.9 Å². The fourth-order valence-electron chi connectivity index (χ4n) is 5.38. The Balaban J connectivity index is 1.48. The second-order valence-electron chi connectivity index (χ2n) is 10.1. The molecule has 11 heteroatoms. The highest BCUT2D eigenvalue weighted by Crippen LogP contribution is 2.51. The number of aromatic nitrogens is 1. The highest BCUT2D eigenvalue weighted by atomic mass is 35.5. The Morgan fingerprint density at radius 3 is 2.47 bits per heavy atom. The minimum absolute atomic E-state index is 0.0849. The molecule has 38 heavy (non-hydrogen) atoms. The SMILES string of the molecule is CNC(=O)N(C)C1CCC(C2(C)Oc3c(Cl)cc(C(=O)NCc4c(SC)cc(C)[nH]c4=O)c(C)c3O2)CC1. The van der Waals surface area contributed by atoms with Crippen molar-refractivity contribution >= 4 is 35.3 Å². The Bertz CT molecular complexity index is 1310. The number of nitrogens with zero attached hydrogens (tertiary/aromatic N) is 1. The van der Waals surface area contributed by atoms with Crippen LogP contribution in [0.15, 0.2) is 21.8 Å². The van der Waals surface area contributed by atoms with Crippen molar-refractivity contribution in [3.63, 3.8) is 0 Å². The molecule has 0 radical (unpaired) electrons. The number of aryl methyl sites for hydroxylation is 1. The fourth-order valence-corrected chi connectivity index (χ4v) is 6.32. The molecule has 2 aliphatic rings. The van der Waals surface area contributed by atoms with Crippen molar-refractivity contribution in [3.8, 4) is 11.5 Å². The van der Waals surface area contributed by atoms with Crippen LogP contribution in [0.5, 0.6) is 11.5 Å². The van der Waals surface area contributed by atoms with Gasteiger partial charge < -0.3 is 30.0 Å². The zero-order valence-corrected chi connectivity index (χ0v) is 24.2. The maximum atomic E-state index is 13.2. The first-order chi connectivity index (χ1) is 18.0. The average Bonchev–Trinajstić information content (AvgIpc) is 3.28. The Morgan fingerprint density at radius 1 is 1.18 bits per heavy atom. The molecule has 3 N–H and O–H groups in total. The van der Waals surface area contributed by atoms with Gasteiger partial charge in [-0.2, -0.15) is 0 Å². The Labute approximate surface area is 232 Å². The number of carbonyl (C=O) groups is 2. The largest absolute Gasteiger partial charge is 0.448 e. The molecule has 0 bridgehead atoms. The number of urea groups is 1. The van der Waals surface area contributed by atoms with E-state index >= 15 is 0 Å². The smallest absolute Gasteiger partial charge is 0.317 e. The van der Waals surface area contributed by atoms with Crippen LogP contribution in [0.25, 0.3) is 0 Å². The van der Waals surface area contributed by atoms with E-state index in [2.05, 4.69) is 15.6 Å².